The van der Waals surface area contributed by atoms with E-state index in [1.54, 1.807) is 14.2 Å². The monoisotopic (exact) mass is 251 g/mol. The number of methoxy groups -OCH3 is 2. The van der Waals surface area contributed by atoms with Crippen LogP contribution in [0.25, 0.3) is 0 Å². The number of hydrogen-bond acceptors (Lipinski definition) is 4. The lowest BCUT2D eigenvalue weighted by Gasteiger charge is -2.15. The molecule has 0 bridgehead atoms. The molecule has 0 aliphatic carbocycles. The van der Waals surface area contributed by atoms with Gasteiger partial charge in [-0.1, -0.05) is 12.1 Å². The van der Waals surface area contributed by atoms with Crippen LogP contribution in [0.4, 0.5) is 0 Å². The quantitative estimate of drug-likeness (QED) is 0.794. The van der Waals surface area contributed by atoms with Crippen LogP contribution in [0.15, 0.2) is 18.2 Å². The van der Waals surface area contributed by atoms with Gasteiger partial charge < -0.3 is 19.5 Å². The van der Waals surface area contributed by atoms with Crippen molar-refractivity contribution in [3.05, 3.63) is 29.3 Å². The zero-order valence-corrected chi connectivity index (χ0v) is 11.1. The summed E-state index contributed by atoms with van der Waals surface area (Å²) >= 11 is 0. The predicted octanol–water partition coefficient (Wildman–Crippen LogP) is 1.37. The summed E-state index contributed by atoms with van der Waals surface area (Å²) < 4.78 is 15.9. The van der Waals surface area contributed by atoms with E-state index < -0.39 is 0 Å². The first-order valence-electron chi connectivity index (χ1n) is 6.30. The highest BCUT2D eigenvalue weighted by Gasteiger charge is 2.12. The zero-order valence-electron chi connectivity index (χ0n) is 11.1. The number of nitrogens with one attached hydrogen (secondary N) is 1. The average Bonchev–Trinajstić information content (AvgIpc) is 2.85. The second-order valence-electron chi connectivity index (χ2n) is 4.48. The fourth-order valence-corrected chi connectivity index (χ4v) is 2.12. The van der Waals surface area contributed by atoms with E-state index in [0.717, 1.165) is 31.9 Å². The van der Waals surface area contributed by atoms with E-state index in [9.17, 15) is 0 Å². The molecule has 1 aliphatic rings. The molecule has 18 heavy (non-hydrogen) atoms. The van der Waals surface area contributed by atoms with Crippen LogP contribution in [0.5, 0.6) is 5.75 Å². The summed E-state index contributed by atoms with van der Waals surface area (Å²) in [4.78, 5) is 0. The van der Waals surface area contributed by atoms with Crippen molar-refractivity contribution in [2.45, 2.75) is 19.1 Å². The maximum atomic E-state index is 5.49. The van der Waals surface area contributed by atoms with Crippen LogP contribution in [-0.4, -0.2) is 40.1 Å². The Morgan fingerprint density at radius 3 is 3.06 bits per heavy atom. The molecule has 2 rings (SSSR count). The van der Waals surface area contributed by atoms with Crippen LogP contribution in [0.2, 0.25) is 0 Å². The van der Waals surface area contributed by atoms with Crippen molar-refractivity contribution in [3.8, 4) is 5.75 Å². The molecule has 1 aromatic rings. The minimum Gasteiger partial charge on any atom is -0.493 e. The third-order valence-electron chi connectivity index (χ3n) is 3.14. The van der Waals surface area contributed by atoms with Crippen molar-refractivity contribution >= 4 is 0 Å². The Labute approximate surface area is 108 Å². The van der Waals surface area contributed by atoms with E-state index in [1.165, 1.54) is 11.1 Å². The molecule has 100 valence electrons. The summed E-state index contributed by atoms with van der Waals surface area (Å²) in [5, 5.41) is 3.38. The van der Waals surface area contributed by atoms with Gasteiger partial charge in [-0.05, 0) is 17.2 Å². The molecule has 4 nitrogen and oxygen atoms in total. The summed E-state index contributed by atoms with van der Waals surface area (Å²) in [6, 6.07) is 6.38. The normalized spacial score (nSPS) is 15.2. The van der Waals surface area contributed by atoms with Crippen LogP contribution in [0, 0.1) is 0 Å². The van der Waals surface area contributed by atoms with Crippen LogP contribution >= 0.6 is 0 Å². The lowest BCUT2D eigenvalue weighted by Crippen LogP contribution is -2.31. The third-order valence-corrected chi connectivity index (χ3v) is 3.14. The smallest absolute Gasteiger partial charge is 0.122 e. The lowest BCUT2D eigenvalue weighted by molar-refractivity contribution is 0.0288. The standard InChI is InChI=1S/C14H21NO3/c1-16-10-13(17-2)9-15-8-11-3-4-14-12(7-11)5-6-18-14/h3-4,7,13,15H,5-6,8-10H2,1-2H3. The fourth-order valence-electron chi connectivity index (χ4n) is 2.12. The van der Waals surface area contributed by atoms with Gasteiger partial charge in [0.1, 0.15) is 5.75 Å². The molecule has 1 aromatic carbocycles. The molecule has 0 aromatic heterocycles. The van der Waals surface area contributed by atoms with Crippen molar-refractivity contribution < 1.29 is 14.2 Å². The second kappa shape index (κ2) is 6.73. The van der Waals surface area contributed by atoms with Crippen molar-refractivity contribution in [3.63, 3.8) is 0 Å². The summed E-state index contributed by atoms with van der Waals surface area (Å²) in [5.74, 6) is 1.04. The molecule has 1 heterocycles. The van der Waals surface area contributed by atoms with Crippen LogP contribution in [-0.2, 0) is 22.4 Å². The van der Waals surface area contributed by atoms with E-state index in [2.05, 4.69) is 23.5 Å². The van der Waals surface area contributed by atoms with Crippen molar-refractivity contribution in [1.29, 1.82) is 0 Å². The molecule has 0 radical (unpaired) electrons. The summed E-state index contributed by atoms with van der Waals surface area (Å²) in [6.07, 6.45) is 1.13. The van der Waals surface area contributed by atoms with Gasteiger partial charge in [-0.25, -0.2) is 0 Å². The molecular weight excluding hydrogens is 230 g/mol. The number of rotatable bonds is 7. The van der Waals surface area contributed by atoms with Gasteiger partial charge in [-0.3, -0.25) is 0 Å². The van der Waals surface area contributed by atoms with Gasteiger partial charge in [-0.2, -0.15) is 0 Å². The Hall–Kier alpha value is -1.10. The molecule has 0 amide bonds. The van der Waals surface area contributed by atoms with Crippen molar-refractivity contribution in [2.75, 3.05) is 34.0 Å². The Kier molecular flexibility index (Phi) is 4.99. The Morgan fingerprint density at radius 1 is 1.39 bits per heavy atom. The summed E-state index contributed by atoms with van der Waals surface area (Å²) in [7, 11) is 3.39. The number of fused-ring (bicyclic) bond motifs is 1. The van der Waals surface area contributed by atoms with E-state index in [4.69, 9.17) is 14.2 Å². The van der Waals surface area contributed by atoms with E-state index >= 15 is 0 Å². The van der Waals surface area contributed by atoms with Gasteiger partial charge in [0.2, 0.25) is 0 Å². The second-order valence-corrected chi connectivity index (χ2v) is 4.48. The largest absolute Gasteiger partial charge is 0.493 e. The molecule has 1 N–H and O–H groups in total. The molecule has 1 unspecified atom stereocenters. The Balaban J connectivity index is 1.79. The van der Waals surface area contributed by atoms with Crippen LogP contribution in [0.3, 0.4) is 0 Å². The van der Waals surface area contributed by atoms with Crippen LogP contribution < -0.4 is 10.1 Å². The minimum atomic E-state index is 0.104. The van der Waals surface area contributed by atoms with Gasteiger partial charge in [0.25, 0.3) is 0 Å². The third kappa shape index (κ3) is 3.45. The lowest BCUT2D eigenvalue weighted by atomic mass is 10.1. The van der Waals surface area contributed by atoms with Gasteiger partial charge in [-0.15, -0.1) is 0 Å². The Morgan fingerprint density at radius 2 is 2.28 bits per heavy atom. The van der Waals surface area contributed by atoms with Gasteiger partial charge in [0.15, 0.2) is 0 Å². The number of hydrogen-bond donors (Lipinski definition) is 1. The van der Waals surface area contributed by atoms with Crippen molar-refractivity contribution in [1.82, 2.24) is 5.32 Å². The average molecular weight is 251 g/mol. The molecule has 0 saturated carbocycles. The molecule has 0 saturated heterocycles. The highest BCUT2D eigenvalue weighted by atomic mass is 16.5. The maximum absolute atomic E-state index is 5.49. The maximum Gasteiger partial charge on any atom is 0.122 e. The van der Waals surface area contributed by atoms with Gasteiger partial charge >= 0.3 is 0 Å². The minimum absolute atomic E-state index is 0.104. The summed E-state index contributed by atoms with van der Waals surface area (Å²) in [6.45, 7) is 3.06. The van der Waals surface area contributed by atoms with E-state index in [0.29, 0.717) is 6.61 Å². The fraction of sp³-hybridized carbons (Fsp3) is 0.571. The highest BCUT2D eigenvalue weighted by molar-refractivity contribution is 5.39. The molecule has 0 spiro atoms. The molecular formula is C14H21NO3. The number of benzene rings is 1. The van der Waals surface area contributed by atoms with Crippen LogP contribution in [0.1, 0.15) is 11.1 Å². The topological polar surface area (TPSA) is 39.7 Å². The first-order valence-corrected chi connectivity index (χ1v) is 6.30. The summed E-state index contributed by atoms with van der Waals surface area (Å²) in [5.41, 5.74) is 2.60. The van der Waals surface area contributed by atoms with E-state index in [-0.39, 0.29) is 6.10 Å². The molecule has 0 fully saturated rings. The van der Waals surface area contributed by atoms with Crippen molar-refractivity contribution in [2.24, 2.45) is 0 Å². The first kappa shape index (κ1) is 13.3. The zero-order chi connectivity index (χ0) is 12.8. The SMILES string of the molecule is COCC(CNCc1ccc2c(c1)CCO2)OC. The molecule has 4 heteroatoms. The van der Waals surface area contributed by atoms with Gasteiger partial charge in [0.05, 0.1) is 19.3 Å². The first-order chi connectivity index (χ1) is 8.83. The predicted molar refractivity (Wildman–Crippen MR) is 70.0 cm³/mol. The highest BCUT2D eigenvalue weighted by Crippen LogP contribution is 2.25. The van der Waals surface area contributed by atoms with Gasteiger partial charge in [0, 0.05) is 33.7 Å². The molecule has 1 aliphatic heterocycles. The molecule has 1 atom stereocenters. The number of ether oxygens (including phenoxy) is 3. The van der Waals surface area contributed by atoms with E-state index in [1.807, 2.05) is 0 Å². The Bertz CT molecular complexity index is 381.